The van der Waals surface area contributed by atoms with Gasteiger partial charge in [-0.2, -0.15) is 4.72 Å². The fourth-order valence-corrected chi connectivity index (χ4v) is 5.75. The Labute approximate surface area is 175 Å². The van der Waals surface area contributed by atoms with Crippen LogP contribution in [0, 0.1) is 0 Å². The molecule has 1 heterocycles. The van der Waals surface area contributed by atoms with E-state index >= 15 is 0 Å². The van der Waals surface area contributed by atoms with Crippen LogP contribution in [0.3, 0.4) is 0 Å². The number of sulfonamides is 2. The van der Waals surface area contributed by atoms with Gasteiger partial charge in [0, 0.05) is 17.3 Å². The molecule has 8 nitrogen and oxygen atoms in total. The van der Waals surface area contributed by atoms with Crippen molar-refractivity contribution in [3.63, 3.8) is 0 Å². The van der Waals surface area contributed by atoms with Crippen molar-refractivity contribution < 1.29 is 21.6 Å². The summed E-state index contributed by atoms with van der Waals surface area (Å²) in [5.74, 6) is -0.430. The molecule has 0 aliphatic carbocycles. The highest BCUT2D eigenvalue weighted by Crippen LogP contribution is 2.25. The number of halogens is 1. The summed E-state index contributed by atoms with van der Waals surface area (Å²) in [6, 6.07) is 10.9. The molecule has 2 aromatic carbocycles. The third kappa shape index (κ3) is 5.08. The molecule has 1 amide bonds. The first-order valence-electron chi connectivity index (χ1n) is 8.78. The van der Waals surface area contributed by atoms with Crippen molar-refractivity contribution in [2.45, 2.75) is 24.3 Å². The molecule has 0 saturated carbocycles. The van der Waals surface area contributed by atoms with Crippen molar-refractivity contribution in [3.8, 4) is 0 Å². The Morgan fingerprint density at radius 1 is 1.10 bits per heavy atom. The Bertz CT molecular complexity index is 1100. The lowest BCUT2D eigenvalue weighted by molar-refractivity contribution is -0.117. The Hall–Kier alpha value is -2.14. The number of hydrogen-bond acceptors (Lipinski definition) is 5. The van der Waals surface area contributed by atoms with E-state index in [-0.39, 0.29) is 10.6 Å². The quantitative estimate of drug-likeness (QED) is 0.690. The molecule has 0 unspecified atom stereocenters. The van der Waals surface area contributed by atoms with Gasteiger partial charge in [0.25, 0.3) is 0 Å². The number of amides is 1. The summed E-state index contributed by atoms with van der Waals surface area (Å²) in [4.78, 5) is 12.4. The summed E-state index contributed by atoms with van der Waals surface area (Å²) in [6.07, 6.45) is 0.575. The maximum Gasteiger partial charge on any atom is 0.242 e. The van der Waals surface area contributed by atoms with Gasteiger partial charge in [-0.25, -0.2) is 16.8 Å². The molecular weight excluding hydrogens is 438 g/mol. The largest absolute Gasteiger partial charge is 0.325 e. The molecule has 1 aliphatic heterocycles. The minimum atomic E-state index is -3.89. The molecular formula is C18H20ClN3O5S2. The van der Waals surface area contributed by atoms with Gasteiger partial charge >= 0.3 is 0 Å². The molecule has 0 radical (unpaired) electrons. The highest BCUT2D eigenvalue weighted by atomic mass is 35.5. The van der Waals surface area contributed by atoms with E-state index in [9.17, 15) is 21.6 Å². The molecule has 0 spiro atoms. The van der Waals surface area contributed by atoms with Gasteiger partial charge in [-0.3, -0.25) is 9.10 Å². The number of nitrogens with zero attached hydrogens (tertiary/aromatic N) is 1. The maximum absolute atomic E-state index is 12.4. The van der Waals surface area contributed by atoms with Crippen molar-refractivity contribution >= 4 is 48.9 Å². The number of nitrogens with one attached hydrogen (secondary N) is 2. The number of rotatable bonds is 6. The number of anilines is 2. The Kier molecular flexibility index (Phi) is 6.18. The van der Waals surface area contributed by atoms with Crippen molar-refractivity contribution in [3.05, 3.63) is 53.6 Å². The van der Waals surface area contributed by atoms with Gasteiger partial charge in [-0.05, 0) is 61.9 Å². The molecule has 2 N–H and O–H groups in total. The summed E-state index contributed by atoms with van der Waals surface area (Å²) >= 11 is 5.76. The number of hydrogen-bond donors (Lipinski definition) is 2. The first-order chi connectivity index (χ1) is 13.6. The fourth-order valence-electron chi connectivity index (χ4n) is 2.86. The first-order valence-corrected chi connectivity index (χ1v) is 12.2. The van der Waals surface area contributed by atoms with Gasteiger partial charge in [0.05, 0.1) is 22.4 Å². The van der Waals surface area contributed by atoms with Crippen molar-refractivity contribution in [1.29, 1.82) is 0 Å². The number of carbonyl (C=O) groups excluding carboxylic acids is 1. The van der Waals surface area contributed by atoms with Gasteiger partial charge in [0.2, 0.25) is 26.0 Å². The highest BCUT2D eigenvalue weighted by Gasteiger charge is 2.28. The van der Waals surface area contributed by atoms with Crippen LogP contribution in [0.2, 0.25) is 5.02 Å². The van der Waals surface area contributed by atoms with Crippen LogP contribution in [0.5, 0.6) is 0 Å². The lowest BCUT2D eigenvalue weighted by Crippen LogP contribution is -2.41. The summed E-state index contributed by atoms with van der Waals surface area (Å²) in [5.41, 5.74) is 0.949. The normalized spacial score (nSPS) is 17.1. The van der Waals surface area contributed by atoms with Crippen LogP contribution in [0.4, 0.5) is 11.4 Å². The van der Waals surface area contributed by atoms with Crippen LogP contribution < -0.4 is 14.3 Å². The fraction of sp³-hybridized carbons (Fsp3) is 0.278. The van der Waals surface area contributed by atoms with Crippen molar-refractivity contribution in [2.24, 2.45) is 0 Å². The first kappa shape index (κ1) is 21.6. The topological polar surface area (TPSA) is 113 Å². The lowest BCUT2D eigenvalue weighted by atomic mass is 10.2. The zero-order chi connectivity index (χ0) is 21.2. The smallest absolute Gasteiger partial charge is 0.242 e. The molecule has 1 atom stereocenters. The molecule has 3 rings (SSSR count). The summed E-state index contributed by atoms with van der Waals surface area (Å²) in [5, 5.41) is 3.01. The molecule has 1 aliphatic rings. The summed E-state index contributed by atoms with van der Waals surface area (Å²) in [6.45, 7) is 1.85. The Balaban J connectivity index is 1.64. The second kappa shape index (κ2) is 8.31. The highest BCUT2D eigenvalue weighted by molar-refractivity contribution is 7.93. The molecule has 11 heteroatoms. The van der Waals surface area contributed by atoms with Crippen molar-refractivity contribution in [1.82, 2.24) is 4.72 Å². The second-order valence-electron chi connectivity index (χ2n) is 6.57. The molecule has 1 saturated heterocycles. The van der Waals surface area contributed by atoms with E-state index in [1.54, 1.807) is 24.3 Å². The molecule has 0 bridgehead atoms. The van der Waals surface area contributed by atoms with E-state index in [0.29, 0.717) is 29.4 Å². The van der Waals surface area contributed by atoms with E-state index in [1.165, 1.54) is 35.5 Å². The van der Waals surface area contributed by atoms with E-state index < -0.39 is 32.0 Å². The SMILES string of the molecule is C[C@H](NS(=O)(=O)c1ccc(Cl)cc1)C(=O)Nc1ccc(N2CCCS2(=O)=O)cc1. The zero-order valence-corrected chi connectivity index (χ0v) is 17.9. The van der Waals surface area contributed by atoms with Crippen molar-refractivity contribution in [2.75, 3.05) is 21.9 Å². The molecule has 1 fully saturated rings. The van der Waals surface area contributed by atoms with Gasteiger partial charge < -0.3 is 5.32 Å². The third-order valence-electron chi connectivity index (χ3n) is 4.37. The molecule has 0 aromatic heterocycles. The average Bonchev–Trinajstić information content (AvgIpc) is 3.01. The summed E-state index contributed by atoms with van der Waals surface area (Å²) in [7, 11) is -7.17. The van der Waals surface area contributed by atoms with Crippen LogP contribution in [-0.4, -0.2) is 41.1 Å². The van der Waals surface area contributed by atoms with Crippen LogP contribution in [0.15, 0.2) is 53.4 Å². The van der Waals surface area contributed by atoms with Crippen LogP contribution >= 0.6 is 11.6 Å². The predicted octanol–water partition coefficient (Wildman–Crippen LogP) is 2.19. The van der Waals surface area contributed by atoms with Crippen LogP contribution in [-0.2, 0) is 24.8 Å². The third-order valence-corrected chi connectivity index (χ3v) is 8.05. The maximum atomic E-state index is 12.4. The predicted molar refractivity (Wildman–Crippen MR) is 112 cm³/mol. The molecule has 2 aromatic rings. The molecule has 156 valence electrons. The lowest BCUT2D eigenvalue weighted by Gasteiger charge is -2.18. The van der Waals surface area contributed by atoms with E-state index in [2.05, 4.69) is 10.0 Å². The average molecular weight is 458 g/mol. The van der Waals surface area contributed by atoms with E-state index in [0.717, 1.165) is 0 Å². The summed E-state index contributed by atoms with van der Waals surface area (Å²) < 4.78 is 52.3. The minimum absolute atomic E-state index is 0.00211. The number of carbonyl (C=O) groups is 1. The van der Waals surface area contributed by atoms with Crippen LogP contribution in [0.1, 0.15) is 13.3 Å². The zero-order valence-electron chi connectivity index (χ0n) is 15.5. The van der Waals surface area contributed by atoms with Gasteiger partial charge in [-0.15, -0.1) is 0 Å². The number of benzene rings is 2. The monoisotopic (exact) mass is 457 g/mol. The van der Waals surface area contributed by atoms with Gasteiger partial charge in [-0.1, -0.05) is 11.6 Å². The Morgan fingerprint density at radius 3 is 2.28 bits per heavy atom. The second-order valence-corrected chi connectivity index (χ2v) is 10.7. The molecule has 29 heavy (non-hydrogen) atoms. The standard InChI is InChI=1S/C18H20ClN3O5S2/c1-13(21-29(26,27)17-9-3-14(19)4-10-17)18(23)20-15-5-7-16(8-6-15)22-11-2-12-28(22,24)25/h3-10,13,21H,2,11-12H2,1H3,(H,20,23)/t13-/m0/s1. The van der Waals surface area contributed by atoms with Crippen LogP contribution in [0.25, 0.3) is 0 Å². The van der Waals surface area contributed by atoms with Gasteiger partial charge in [0.1, 0.15) is 0 Å². The van der Waals surface area contributed by atoms with E-state index in [4.69, 9.17) is 11.6 Å². The van der Waals surface area contributed by atoms with E-state index in [1.807, 2.05) is 0 Å². The minimum Gasteiger partial charge on any atom is -0.325 e. The Morgan fingerprint density at radius 2 is 1.72 bits per heavy atom. The van der Waals surface area contributed by atoms with Gasteiger partial charge in [0.15, 0.2) is 0 Å².